The lowest BCUT2D eigenvalue weighted by molar-refractivity contribution is -0.123. The van der Waals surface area contributed by atoms with Gasteiger partial charge >= 0.3 is 5.97 Å². The van der Waals surface area contributed by atoms with Crippen LogP contribution in [0.15, 0.2) is 24.3 Å². The van der Waals surface area contributed by atoms with Crippen LogP contribution in [0.5, 0.6) is 0 Å². The summed E-state index contributed by atoms with van der Waals surface area (Å²) in [6.07, 6.45) is 0. The van der Waals surface area contributed by atoms with E-state index in [0.717, 1.165) is 0 Å². The first-order valence-corrected chi connectivity index (χ1v) is 5.47. The van der Waals surface area contributed by atoms with Crippen LogP contribution in [0.2, 0.25) is 0 Å². The van der Waals surface area contributed by atoms with Crippen LogP contribution >= 0.6 is 0 Å². The van der Waals surface area contributed by atoms with Gasteiger partial charge in [0, 0.05) is 18.7 Å². The SMILES string of the molecule is O=C1CN(C(=O)c2cccc(C(=O)O)c2)CCN1. The minimum absolute atomic E-state index is 0.0101. The fourth-order valence-electron chi connectivity index (χ4n) is 1.78. The van der Waals surface area contributed by atoms with Crippen molar-refractivity contribution in [1.29, 1.82) is 0 Å². The largest absolute Gasteiger partial charge is 0.478 e. The molecule has 2 rings (SSSR count). The van der Waals surface area contributed by atoms with Crippen LogP contribution < -0.4 is 5.32 Å². The van der Waals surface area contributed by atoms with Crippen LogP contribution in [0.4, 0.5) is 0 Å². The van der Waals surface area contributed by atoms with E-state index in [1.54, 1.807) is 6.07 Å². The number of hydrogen-bond donors (Lipinski definition) is 2. The van der Waals surface area contributed by atoms with E-state index in [2.05, 4.69) is 5.32 Å². The van der Waals surface area contributed by atoms with Gasteiger partial charge in [0.05, 0.1) is 12.1 Å². The smallest absolute Gasteiger partial charge is 0.335 e. The van der Waals surface area contributed by atoms with Crippen LogP contribution in [0, 0.1) is 0 Å². The highest BCUT2D eigenvalue weighted by Gasteiger charge is 2.22. The van der Waals surface area contributed by atoms with E-state index >= 15 is 0 Å². The maximum absolute atomic E-state index is 12.1. The standard InChI is InChI=1S/C12H12N2O4/c15-10-7-14(5-4-13-10)11(16)8-2-1-3-9(6-8)12(17)18/h1-3,6H,4-5,7H2,(H,13,15)(H,17,18). The zero-order valence-electron chi connectivity index (χ0n) is 9.55. The summed E-state index contributed by atoms with van der Waals surface area (Å²) in [7, 11) is 0. The molecule has 1 fully saturated rings. The Hall–Kier alpha value is -2.37. The van der Waals surface area contributed by atoms with E-state index in [0.29, 0.717) is 13.1 Å². The molecule has 2 amide bonds. The Balaban J connectivity index is 2.20. The molecular formula is C12H12N2O4. The van der Waals surface area contributed by atoms with Crippen molar-refractivity contribution in [3.8, 4) is 0 Å². The Morgan fingerprint density at radius 1 is 1.28 bits per heavy atom. The van der Waals surface area contributed by atoms with Gasteiger partial charge in [0.15, 0.2) is 0 Å². The van der Waals surface area contributed by atoms with Crippen molar-refractivity contribution < 1.29 is 19.5 Å². The molecule has 0 aliphatic carbocycles. The molecule has 2 N–H and O–H groups in total. The molecule has 6 nitrogen and oxygen atoms in total. The molecule has 0 atom stereocenters. The van der Waals surface area contributed by atoms with Crippen LogP contribution in [-0.4, -0.2) is 47.4 Å². The Morgan fingerprint density at radius 2 is 2.00 bits per heavy atom. The van der Waals surface area contributed by atoms with Crippen molar-refractivity contribution in [3.05, 3.63) is 35.4 Å². The highest BCUT2D eigenvalue weighted by atomic mass is 16.4. The van der Waals surface area contributed by atoms with E-state index in [4.69, 9.17) is 5.11 Å². The van der Waals surface area contributed by atoms with Gasteiger partial charge in [-0.3, -0.25) is 9.59 Å². The van der Waals surface area contributed by atoms with Gasteiger partial charge in [-0.2, -0.15) is 0 Å². The Labute approximate surface area is 103 Å². The molecule has 1 saturated heterocycles. The molecule has 1 aromatic carbocycles. The van der Waals surface area contributed by atoms with E-state index in [1.165, 1.54) is 23.1 Å². The topological polar surface area (TPSA) is 86.7 Å². The normalized spacial score (nSPS) is 15.1. The molecule has 1 aliphatic rings. The third kappa shape index (κ3) is 2.48. The minimum atomic E-state index is -1.08. The fraction of sp³-hybridized carbons (Fsp3) is 0.250. The lowest BCUT2D eigenvalue weighted by atomic mass is 10.1. The predicted molar refractivity (Wildman–Crippen MR) is 62.3 cm³/mol. The highest BCUT2D eigenvalue weighted by molar-refractivity contribution is 5.99. The summed E-state index contributed by atoms with van der Waals surface area (Å²) >= 11 is 0. The number of rotatable bonds is 2. The summed E-state index contributed by atoms with van der Waals surface area (Å²) in [5, 5.41) is 11.5. The van der Waals surface area contributed by atoms with E-state index in [1.807, 2.05) is 0 Å². The molecule has 1 aliphatic heterocycles. The second kappa shape index (κ2) is 4.87. The van der Waals surface area contributed by atoms with Gasteiger partial charge in [0.2, 0.25) is 5.91 Å². The van der Waals surface area contributed by atoms with Gasteiger partial charge in [-0.15, -0.1) is 0 Å². The Kier molecular flexibility index (Phi) is 3.27. The van der Waals surface area contributed by atoms with E-state index in [9.17, 15) is 14.4 Å². The third-order valence-corrected chi connectivity index (χ3v) is 2.68. The summed E-state index contributed by atoms with van der Waals surface area (Å²) in [4.78, 5) is 35.5. The predicted octanol–water partition coefficient (Wildman–Crippen LogP) is -0.0432. The molecule has 0 bridgehead atoms. The molecule has 1 heterocycles. The molecule has 0 spiro atoms. The first kappa shape index (κ1) is 12.1. The van der Waals surface area contributed by atoms with Gasteiger partial charge in [-0.1, -0.05) is 6.07 Å². The fourth-order valence-corrected chi connectivity index (χ4v) is 1.78. The zero-order valence-corrected chi connectivity index (χ0v) is 9.55. The number of benzene rings is 1. The van der Waals surface area contributed by atoms with E-state index < -0.39 is 5.97 Å². The highest BCUT2D eigenvalue weighted by Crippen LogP contribution is 2.09. The number of hydrogen-bond acceptors (Lipinski definition) is 3. The molecule has 0 unspecified atom stereocenters. The van der Waals surface area contributed by atoms with Crippen molar-refractivity contribution in [2.45, 2.75) is 0 Å². The van der Waals surface area contributed by atoms with Gasteiger partial charge in [-0.05, 0) is 18.2 Å². The number of carbonyl (C=O) groups excluding carboxylic acids is 2. The molecule has 6 heteroatoms. The summed E-state index contributed by atoms with van der Waals surface area (Å²) in [6.45, 7) is 0.862. The molecule has 1 aromatic rings. The number of amides is 2. The average Bonchev–Trinajstić information content (AvgIpc) is 2.38. The summed E-state index contributed by atoms with van der Waals surface area (Å²) < 4.78 is 0. The first-order valence-electron chi connectivity index (χ1n) is 5.47. The maximum atomic E-state index is 12.1. The number of carboxylic acids is 1. The molecule has 18 heavy (non-hydrogen) atoms. The van der Waals surface area contributed by atoms with Gasteiger partial charge in [0.1, 0.15) is 0 Å². The molecule has 0 saturated carbocycles. The van der Waals surface area contributed by atoms with Crippen molar-refractivity contribution >= 4 is 17.8 Å². The molecular weight excluding hydrogens is 236 g/mol. The third-order valence-electron chi connectivity index (χ3n) is 2.68. The van der Waals surface area contributed by atoms with Crippen molar-refractivity contribution in [2.75, 3.05) is 19.6 Å². The lowest BCUT2D eigenvalue weighted by Crippen LogP contribution is -2.49. The molecule has 0 aromatic heterocycles. The number of nitrogens with one attached hydrogen (secondary N) is 1. The second-order valence-corrected chi connectivity index (χ2v) is 3.96. The Bertz CT molecular complexity index is 513. The van der Waals surface area contributed by atoms with Gasteiger partial charge < -0.3 is 15.3 Å². The van der Waals surface area contributed by atoms with Gasteiger partial charge in [-0.25, -0.2) is 4.79 Å². The first-order chi connectivity index (χ1) is 8.58. The molecule has 0 radical (unpaired) electrons. The number of carbonyl (C=O) groups is 3. The average molecular weight is 248 g/mol. The zero-order chi connectivity index (χ0) is 13.1. The minimum Gasteiger partial charge on any atom is -0.478 e. The maximum Gasteiger partial charge on any atom is 0.335 e. The van der Waals surface area contributed by atoms with Crippen LogP contribution in [0.1, 0.15) is 20.7 Å². The Morgan fingerprint density at radius 3 is 2.67 bits per heavy atom. The quantitative estimate of drug-likeness (QED) is 0.768. The van der Waals surface area contributed by atoms with Crippen LogP contribution in [0.3, 0.4) is 0 Å². The summed E-state index contributed by atoms with van der Waals surface area (Å²) in [5.41, 5.74) is 0.340. The number of aromatic carboxylic acids is 1. The van der Waals surface area contributed by atoms with Crippen LogP contribution in [-0.2, 0) is 4.79 Å². The van der Waals surface area contributed by atoms with Crippen LogP contribution in [0.25, 0.3) is 0 Å². The van der Waals surface area contributed by atoms with Gasteiger partial charge in [0.25, 0.3) is 5.91 Å². The second-order valence-electron chi connectivity index (χ2n) is 3.96. The lowest BCUT2D eigenvalue weighted by Gasteiger charge is -2.26. The monoisotopic (exact) mass is 248 g/mol. The van der Waals surface area contributed by atoms with Crippen molar-refractivity contribution in [3.63, 3.8) is 0 Å². The molecule has 94 valence electrons. The van der Waals surface area contributed by atoms with Crippen molar-refractivity contribution in [2.24, 2.45) is 0 Å². The number of piperazine rings is 1. The number of nitrogens with zero attached hydrogens (tertiary/aromatic N) is 1. The van der Waals surface area contributed by atoms with E-state index in [-0.39, 0.29) is 29.5 Å². The number of carboxylic acid groups (broad SMARTS) is 1. The van der Waals surface area contributed by atoms with Crippen molar-refractivity contribution in [1.82, 2.24) is 10.2 Å². The summed E-state index contributed by atoms with van der Waals surface area (Å²) in [5.74, 6) is -1.61. The summed E-state index contributed by atoms with van der Waals surface area (Å²) in [6, 6.07) is 5.79.